The van der Waals surface area contributed by atoms with Gasteiger partial charge < -0.3 is 19.3 Å². The third-order valence-electron chi connectivity index (χ3n) is 3.45. The Kier molecular flexibility index (Phi) is 3.94. The molecule has 1 unspecified atom stereocenters. The lowest BCUT2D eigenvalue weighted by atomic mass is 10.1. The van der Waals surface area contributed by atoms with Crippen molar-refractivity contribution in [1.82, 2.24) is 0 Å². The maximum absolute atomic E-state index is 12.2. The number of Topliss-reactive ketones (excluding diaryl/α,β-unsaturated/α-hetero) is 1. The molecule has 0 radical (unpaired) electrons. The molecule has 1 aliphatic heterocycles. The summed E-state index contributed by atoms with van der Waals surface area (Å²) < 4.78 is 15.5. The number of carboxylic acid groups (broad SMARTS) is 1. The predicted molar refractivity (Wildman–Crippen MR) is 75.0 cm³/mol. The monoisotopic (exact) mass is 309 g/mol. The summed E-state index contributed by atoms with van der Waals surface area (Å²) in [6, 6.07) is 0.180. The third kappa shape index (κ3) is 2.03. The number of benzene rings is 1. The van der Waals surface area contributed by atoms with Crippen LogP contribution in [-0.4, -0.2) is 50.1 Å². The summed E-state index contributed by atoms with van der Waals surface area (Å²) in [7, 11) is 4.07. The van der Waals surface area contributed by atoms with Crippen LogP contribution in [0, 0.1) is 0 Å². The highest BCUT2D eigenvalue weighted by atomic mass is 16.5. The van der Waals surface area contributed by atoms with E-state index in [1.807, 2.05) is 0 Å². The van der Waals surface area contributed by atoms with E-state index >= 15 is 0 Å². The summed E-state index contributed by atoms with van der Waals surface area (Å²) >= 11 is 0. The van der Waals surface area contributed by atoms with Crippen LogP contribution in [0.15, 0.2) is 6.07 Å². The fraction of sp³-hybridized carbons (Fsp3) is 0.357. The number of hydrogen-bond acceptors (Lipinski definition) is 6. The van der Waals surface area contributed by atoms with Gasteiger partial charge in [-0.2, -0.15) is 0 Å². The van der Waals surface area contributed by atoms with Crippen LogP contribution in [0.3, 0.4) is 0 Å². The second-order valence-corrected chi connectivity index (χ2v) is 4.56. The Morgan fingerprint density at radius 1 is 1.14 bits per heavy atom. The zero-order valence-corrected chi connectivity index (χ0v) is 12.5. The number of carbonyl (C=O) groups is 3. The Morgan fingerprint density at radius 2 is 1.73 bits per heavy atom. The van der Waals surface area contributed by atoms with Crippen LogP contribution >= 0.6 is 0 Å². The van der Waals surface area contributed by atoms with E-state index in [0.29, 0.717) is 0 Å². The second-order valence-electron chi connectivity index (χ2n) is 4.56. The minimum absolute atomic E-state index is 0.0294. The van der Waals surface area contributed by atoms with Crippen molar-refractivity contribution in [1.29, 1.82) is 0 Å². The zero-order chi connectivity index (χ0) is 16.6. The summed E-state index contributed by atoms with van der Waals surface area (Å²) in [5.41, 5.74) is 0.0950. The molecule has 0 saturated heterocycles. The molecule has 1 heterocycles. The van der Waals surface area contributed by atoms with Gasteiger partial charge >= 0.3 is 5.97 Å². The highest BCUT2D eigenvalue weighted by Crippen LogP contribution is 2.48. The van der Waals surface area contributed by atoms with Gasteiger partial charge in [-0.15, -0.1) is 0 Å². The summed E-state index contributed by atoms with van der Waals surface area (Å²) in [6.45, 7) is 1.31. The number of methoxy groups -OCH3 is 3. The van der Waals surface area contributed by atoms with E-state index in [0.717, 1.165) is 4.90 Å². The van der Waals surface area contributed by atoms with Crippen LogP contribution in [0.2, 0.25) is 0 Å². The van der Waals surface area contributed by atoms with Gasteiger partial charge in [-0.3, -0.25) is 14.5 Å². The van der Waals surface area contributed by atoms with E-state index < -0.39 is 23.7 Å². The van der Waals surface area contributed by atoms with Crippen molar-refractivity contribution in [2.75, 3.05) is 26.2 Å². The first-order valence-electron chi connectivity index (χ1n) is 6.32. The van der Waals surface area contributed by atoms with E-state index in [4.69, 9.17) is 19.3 Å². The number of anilines is 1. The zero-order valence-electron chi connectivity index (χ0n) is 12.5. The van der Waals surface area contributed by atoms with Crippen molar-refractivity contribution >= 4 is 23.3 Å². The van der Waals surface area contributed by atoms with Crippen molar-refractivity contribution in [3.63, 3.8) is 0 Å². The van der Waals surface area contributed by atoms with Gasteiger partial charge in [0.15, 0.2) is 11.5 Å². The van der Waals surface area contributed by atoms with E-state index in [2.05, 4.69) is 0 Å². The molecule has 0 fully saturated rings. The highest BCUT2D eigenvalue weighted by molar-refractivity contribution is 6.53. The maximum atomic E-state index is 12.2. The fourth-order valence-corrected chi connectivity index (χ4v) is 2.37. The average Bonchev–Trinajstić information content (AvgIpc) is 2.75. The molecular weight excluding hydrogens is 294 g/mol. The molecule has 0 aromatic heterocycles. The highest BCUT2D eigenvalue weighted by Gasteiger charge is 2.44. The number of ether oxygens (including phenoxy) is 3. The molecule has 0 spiro atoms. The molecule has 0 bridgehead atoms. The SMILES string of the molecule is COc1cc2c(c(OC)c1OC)C(=O)C(=O)N2C(C)C(=O)O. The van der Waals surface area contributed by atoms with Gasteiger partial charge in [0.2, 0.25) is 5.75 Å². The van der Waals surface area contributed by atoms with E-state index in [-0.39, 0.29) is 28.5 Å². The number of nitrogens with zero attached hydrogens (tertiary/aromatic N) is 1. The number of amides is 1. The lowest BCUT2D eigenvalue weighted by molar-refractivity contribution is -0.139. The topological polar surface area (TPSA) is 102 Å². The van der Waals surface area contributed by atoms with E-state index in [9.17, 15) is 14.4 Å². The number of fused-ring (bicyclic) bond motifs is 1. The lowest BCUT2D eigenvalue weighted by Crippen LogP contribution is -2.42. The first-order chi connectivity index (χ1) is 10.4. The average molecular weight is 309 g/mol. The number of ketones is 1. The molecule has 1 N–H and O–H groups in total. The molecule has 1 aromatic carbocycles. The van der Waals surface area contributed by atoms with Crippen molar-refractivity contribution in [3.8, 4) is 17.2 Å². The smallest absolute Gasteiger partial charge is 0.326 e. The van der Waals surface area contributed by atoms with Gasteiger partial charge in [-0.25, -0.2) is 4.79 Å². The largest absolute Gasteiger partial charge is 0.493 e. The molecule has 1 atom stereocenters. The third-order valence-corrected chi connectivity index (χ3v) is 3.45. The van der Waals surface area contributed by atoms with Crippen LogP contribution in [-0.2, 0) is 9.59 Å². The van der Waals surface area contributed by atoms with Crippen molar-refractivity contribution in [3.05, 3.63) is 11.6 Å². The summed E-state index contributed by atoms with van der Waals surface area (Å²) in [4.78, 5) is 36.5. The molecule has 0 saturated carbocycles. The van der Waals surface area contributed by atoms with Gasteiger partial charge in [0, 0.05) is 6.07 Å². The van der Waals surface area contributed by atoms with Gasteiger partial charge in [-0.05, 0) is 6.92 Å². The number of carbonyl (C=O) groups excluding carboxylic acids is 2. The molecule has 0 aliphatic carbocycles. The van der Waals surface area contributed by atoms with Crippen molar-refractivity contribution < 1.29 is 33.7 Å². The lowest BCUT2D eigenvalue weighted by Gasteiger charge is -2.22. The van der Waals surface area contributed by atoms with Crippen LogP contribution in [0.5, 0.6) is 17.2 Å². The molecule has 22 heavy (non-hydrogen) atoms. The van der Waals surface area contributed by atoms with Gasteiger partial charge in [0.05, 0.1) is 32.6 Å². The Bertz CT molecular complexity index is 668. The van der Waals surface area contributed by atoms with Crippen molar-refractivity contribution in [2.24, 2.45) is 0 Å². The van der Waals surface area contributed by atoms with E-state index in [1.54, 1.807) is 0 Å². The van der Waals surface area contributed by atoms with Crippen LogP contribution in [0.1, 0.15) is 17.3 Å². The molecule has 8 nitrogen and oxygen atoms in total. The van der Waals surface area contributed by atoms with Crippen molar-refractivity contribution in [2.45, 2.75) is 13.0 Å². The Hall–Kier alpha value is -2.77. The Balaban J connectivity index is 2.77. The van der Waals surface area contributed by atoms with E-state index in [1.165, 1.54) is 34.3 Å². The number of rotatable bonds is 5. The van der Waals surface area contributed by atoms with Crippen LogP contribution < -0.4 is 19.1 Å². The molecule has 8 heteroatoms. The molecule has 1 amide bonds. The summed E-state index contributed by atoms with van der Waals surface area (Å²) in [5.74, 6) is -2.59. The first-order valence-corrected chi connectivity index (χ1v) is 6.32. The quantitative estimate of drug-likeness (QED) is 0.799. The molecule has 1 aliphatic rings. The Morgan fingerprint density at radius 3 is 2.18 bits per heavy atom. The molecule has 2 rings (SSSR count). The number of aliphatic carboxylic acids is 1. The normalized spacial score (nSPS) is 14.6. The van der Waals surface area contributed by atoms with Crippen LogP contribution in [0.4, 0.5) is 5.69 Å². The molecule has 118 valence electrons. The second kappa shape index (κ2) is 5.55. The van der Waals surface area contributed by atoms with Gasteiger partial charge in [0.1, 0.15) is 6.04 Å². The minimum Gasteiger partial charge on any atom is -0.493 e. The predicted octanol–water partition coefficient (Wildman–Crippen LogP) is 0.715. The molecule has 1 aromatic rings. The number of hydrogen-bond donors (Lipinski definition) is 1. The fourth-order valence-electron chi connectivity index (χ4n) is 2.37. The maximum Gasteiger partial charge on any atom is 0.326 e. The van der Waals surface area contributed by atoms with Crippen LogP contribution in [0.25, 0.3) is 0 Å². The minimum atomic E-state index is -1.23. The first kappa shape index (κ1) is 15.6. The van der Waals surface area contributed by atoms with Gasteiger partial charge in [0.25, 0.3) is 11.7 Å². The summed E-state index contributed by atoms with van der Waals surface area (Å²) in [6.07, 6.45) is 0. The molecular formula is C14H15NO7. The standard InChI is InChI=1S/C14H15NO7/c1-6(14(18)19)15-7-5-8(20-2)11(21-3)12(22-4)9(7)10(16)13(15)17/h5-6H,1-4H3,(H,18,19). The number of carboxylic acids is 1. The van der Waals surface area contributed by atoms with Gasteiger partial charge in [-0.1, -0.05) is 0 Å². The summed E-state index contributed by atoms with van der Waals surface area (Å²) in [5, 5.41) is 9.13. The Labute approximate surface area is 126 Å².